The molecule has 0 atom stereocenters. The number of piperidine rings is 1. The van der Waals surface area contributed by atoms with Crippen LogP contribution in [0, 0.1) is 0 Å². The molecule has 0 bridgehead atoms. The molecule has 0 aromatic heterocycles. The number of hydrogen-bond donors (Lipinski definition) is 1. The van der Waals surface area contributed by atoms with Gasteiger partial charge in [-0.1, -0.05) is 6.42 Å². The van der Waals surface area contributed by atoms with Crippen LogP contribution < -0.4 is 19.5 Å². The number of anilines is 1. The molecule has 2 aromatic carbocycles. The minimum atomic E-state index is -3.77. The fourth-order valence-corrected chi connectivity index (χ4v) is 5.27. The Kier molecular flexibility index (Phi) is 8.00. The molecule has 11 heteroatoms. The minimum absolute atomic E-state index is 0.00816. The van der Waals surface area contributed by atoms with Crippen LogP contribution in [0.2, 0.25) is 0 Å². The molecule has 1 heterocycles. The molecule has 1 amide bonds. The van der Waals surface area contributed by atoms with Gasteiger partial charge in [0.05, 0.1) is 50.1 Å². The molecule has 10 nitrogen and oxygen atoms in total. The van der Waals surface area contributed by atoms with E-state index < -0.39 is 21.9 Å². The SMILES string of the molecule is COC(=O)c1cc(OC)c(OC)cc1NC(=O)c1cc(S(=O)(=O)N2CCCCC2)ccc1OC. The maximum Gasteiger partial charge on any atom is 0.340 e. The zero-order valence-corrected chi connectivity index (χ0v) is 20.4. The zero-order chi connectivity index (χ0) is 24.9. The summed E-state index contributed by atoms with van der Waals surface area (Å²) in [6, 6.07) is 6.92. The number of carbonyl (C=O) groups is 2. The quantitative estimate of drug-likeness (QED) is 0.559. The Bertz CT molecular complexity index is 1170. The van der Waals surface area contributed by atoms with Crippen LogP contribution in [0.25, 0.3) is 0 Å². The van der Waals surface area contributed by atoms with Crippen molar-refractivity contribution >= 4 is 27.6 Å². The van der Waals surface area contributed by atoms with Crippen molar-refractivity contribution in [1.29, 1.82) is 0 Å². The first kappa shape index (κ1) is 25.3. The number of nitrogens with one attached hydrogen (secondary N) is 1. The Morgan fingerprint density at radius 1 is 0.824 bits per heavy atom. The predicted octanol–water partition coefficient (Wildman–Crippen LogP) is 2.93. The van der Waals surface area contributed by atoms with Crippen molar-refractivity contribution in [2.45, 2.75) is 24.2 Å². The first-order valence-electron chi connectivity index (χ1n) is 10.6. The van der Waals surface area contributed by atoms with Crippen molar-refractivity contribution in [1.82, 2.24) is 4.31 Å². The molecule has 0 aliphatic carbocycles. The third kappa shape index (κ3) is 5.10. The van der Waals surface area contributed by atoms with Gasteiger partial charge >= 0.3 is 5.97 Å². The third-order valence-corrected chi connectivity index (χ3v) is 7.44. The molecule has 34 heavy (non-hydrogen) atoms. The van der Waals surface area contributed by atoms with Crippen molar-refractivity contribution in [3.8, 4) is 17.2 Å². The number of carbonyl (C=O) groups excluding carboxylic acids is 2. The summed E-state index contributed by atoms with van der Waals surface area (Å²) in [7, 11) is 1.64. The maximum atomic E-state index is 13.2. The zero-order valence-electron chi connectivity index (χ0n) is 19.5. The van der Waals surface area contributed by atoms with E-state index in [0.29, 0.717) is 13.1 Å². The highest BCUT2D eigenvalue weighted by atomic mass is 32.2. The van der Waals surface area contributed by atoms with Gasteiger partial charge in [-0.2, -0.15) is 4.31 Å². The van der Waals surface area contributed by atoms with Gasteiger partial charge in [0.2, 0.25) is 10.0 Å². The van der Waals surface area contributed by atoms with Crippen molar-refractivity contribution in [3.05, 3.63) is 41.5 Å². The number of amides is 1. The predicted molar refractivity (Wildman–Crippen MR) is 124 cm³/mol. The summed E-state index contributed by atoms with van der Waals surface area (Å²) >= 11 is 0. The number of methoxy groups -OCH3 is 4. The van der Waals surface area contributed by atoms with Crippen LogP contribution in [0.3, 0.4) is 0 Å². The van der Waals surface area contributed by atoms with E-state index in [-0.39, 0.29) is 39.0 Å². The maximum absolute atomic E-state index is 13.2. The van der Waals surface area contributed by atoms with Gasteiger partial charge in [0.15, 0.2) is 11.5 Å². The molecule has 2 aromatic rings. The lowest BCUT2D eigenvalue weighted by molar-refractivity contribution is 0.0601. The normalized spacial score (nSPS) is 14.2. The topological polar surface area (TPSA) is 120 Å². The second-order valence-electron chi connectivity index (χ2n) is 7.53. The Labute approximate surface area is 198 Å². The highest BCUT2D eigenvalue weighted by Crippen LogP contribution is 2.35. The van der Waals surface area contributed by atoms with Crippen LogP contribution in [0.4, 0.5) is 5.69 Å². The van der Waals surface area contributed by atoms with Gasteiger partial charge < -0.3 is 24.3 Å². The highest BCUT2D eigenvalue weighted by molar-refractivity contribution is 7.89. The fourth-order valence-electron chi connectivity index (χ4n) is 3.73. The van der Waals surface area contributed by atoms with Crippen LogP contribution in [-0.4, -0.2) is 66.1 Å². The number of esters is 1. The molecule has 0 spiro atoms. The first-order valence-corrected chi connectivity index (χ1v) is 12.0. The Hall–Kier alpha value is -3.31. The molecular weight excluding hydrogens is 464 g/mol. The summed E-state index contributed by atoms with van der Waals surface area (Å²) in [5.41, 5.74) is 0.122. The number of sulfonamides is 1. The van der Waals surface area contributed by atoms with E-state index in [2.05, 4.69) is 5.32 Å². The molecule has 0 saturated carbocycles. The monoisotopic (exact) mass is 492 g/mol. The van der Waals surface area contributed by atoms with Gasteiger partial charge in [-0.15, -0.1) is 0 Å². The number of nitrogens with zero attached hydrogens (tertiary/aromatic N) is 1. The van der Waals surface area contributed by atoms with Crippen LogP contribution in [-0.2, 0) is 14.8 Å². The minimum Gasteiger partial charge on any atom is -0.496 e. The van der Waals surface area contributed by atoms with E-state index in [9.17, 15) is 18.0 Å². The molecule has 1 saturated heterocycles. The summed E-state index contributed by atoms with van der Waals surface area (Å²) in [6.07, 6.45) is 2.56. The summed E-state index contributed by atoms with van der Waals surface area (Å²) in [6.45, 7) is 0.869. The summed E-state index contributed by atoms with van der Waals surface area (Å²) in [4.78, 5) is 25.6. The van der Waals surface area contributed by atoms with Crippen molar-refractivity contribution in [2.75, 3.05) is 46.8 Å². The molecule has 0 unspecified atom stereocenters. The molecule has 3 rings (SSSR count). The molecule has 1 aliphatic rings. The van der Waals surface area contributed by atoms with E-state index in [1.807, 2.05) is 0 Å². The van der Waals surface area contributed by atoms with Gasteiger partial charge in [0, 0.05) is 25.2 Å². The van der Waals surface area contributed by atoms with E-state index in [0.717, 1.165) is 19.3 Å². The number of hydrogen-bond acceptors (Lipinski definition) is 8. The van der Waals surface area contributed by atoms with E-state index in [1.165, 1.54) is 63.1 Å². The number of ether oxygens (including phenoxy) is 4. The number of rotatable bonds is 8. The van der Waals surface area contributed by atoms with E-state index >= 15 is 0 Å². The second kappa shape index (κ2) is 10.7. The molecule has 0 radical (unpaired) electrons. The highest BCUT2D eigenvalue weighted by Gasteiger charge is 2.28. The molecular formula is C23H28N2O8S. The Morgan fingerprint density at radius 3 is 2.03 bits per heavy atom. The smallest absolute Gasteiger partial charge is 0.340 e. The van der Waals surface area contributed by atoms with Gasteiger partial charge in [-0.05, 0) is 31.0 Å². The Morgan fingerprint density at radius 2 is 1.44 bits per heavy atom. The van der Waals surface area contributed by atoms with Crippen LogP contribution in [0.5, 0.6) is 17.2 Å². The molecule has 1 aliphatic heterocycles. The van der Waals surface area contributed by atoms with E-state index in [4.69, 9.17) is 18.9 Å². The van der Waals surface area contributed by atoms with Crippen molar-refractivity contribution in [3.63, 3.8) is 0 Å². The average Bonchev–Trinajstić information content (AvgIpc) is 2.87. The van der Waals surface area contributed by atoms with Gasteiger partial charge in [0.25, 0.3) is 5.91 Å². The Balaban J connectivity index is 2.02. The third-order valence-electron chi connectivity index (χ3n) is 5.55. The molecule has 184 valence electrons. The van der Waals surface area contributed by atoms with E-state index in [1.54, 1.807) is 0 Å². The largest absolute Gasteiger partial charge is 0.496 e. The lowest BCUT2D eigenvalue weighted by atomic mass is 10.1. The molecule has 1 N–H and O–H groups in total. The van der Waals surface area contributed by atoms with Gasteiger partial charge in [0.1, 0.15) is 5.75 Å². The lowest BCUT2D eigenvalue weighted by Gasteiger charge is -2.26. The first-order chi connectivity index (χ1) is 16.3. The summed E-state index contributed by atoms with van der Waals surface area (Å²) < 4.78 is 48.3. The van der Waals surface area contributed by atoms with Crippen LogP contribution >= 0.6 is 0 Å². The van der Waals surface area contributed by atoms with Gasteiger partial charge in [-0.25, -0.2) is 13.2 Å². The van der Waals surface area contributed by atoms with Crippen LogP contribution in [0.15, 0.2) is 35.2 Å². The molecule has 1 fully saturated rings. The van der Waals surface area contributed by atoms with Gasteiger partial charge in [-0.3, -0.25) is 4.79 Å². The fraction of sp³-hybridized carbons (Fsp3) is 0.391. The van der Waals surface area contributed by atoms with Crippen molar-refractivity contribution in [2.24, 2.45) is 0 Å². The van der Waals surface area contributed by atoms with Crippen LogP contribution in [0.1, 0.15) is 40.0 Å². The lowest BCUT2D eigenvalue weighted by Crippen LogP contribution is -2.35. The standard InChI is InChI=1S/C23H28N2O8S/c1-30-19-9-8-15(34(28,29)25-10-6-5-7-11-25)12-17(19)22(26)24-18-14-21(32-3)20(31-2)13-16(18)23(27)33-4/h8-9,12-14H,5-7,10-11H2,1-4H3,(H,24,26). The van der Waals surface area contributed by atoms with Crippen molar-refractivity contribution < 1.29 is 37.0 Å². The number of benzene rings is 2. The summed E-state index contributed by atoms with van der Waals surface area (Å²) in [5, 5.41) is 2.64. The summed E-state index contributed by atoms with van der Waals surface area (Å²) in [5.74, 6) is -0.656. The average molecular weight is 493 g/mol. The second-order valence-corrected chi connectivity index (χ2v) is 9.46.